The third kappa shape index (κ3) is 2.96. The largest absolute Gasteiger partial charge is 0.472 e. The summed E-state index contributed by atoms with van der Waals surface area (Å²) in [4.78, 5) is 2.42. The molecule has 1 aliphatic rings. The molecule has 1 saturated carbocycles. The second kappa shape index (κ2) is 5.89. The van der Waals surface area contributed by atoms with Crippen LogP contribution in [0, 0.1) is 0 Å². The Labute approximate surface area is 111 Å². The number of hydrogen-bond acceptors (Lipinski definition) is 3. The van der Waals surface area contributed by atoms with Crippen molar-refractivity contribution in [1.82, 2.24) is 10.2 Å². The Morgan fingerprint density at radius 2 is 2.06 bits per heavy atom. The van der Waals surface area contributed by atoms with Gasteiger partial charge in [-0.05, 0) is 39.9 Å². The van der Waals surface area contributed by atoms with Crippen LogP contribution in [0.5, 0.6) is 0 Å². The number of likely N-dealkylation sites (N-methyl/N-ethyl adjacent to an activating group) is 1. The van der Waals surface area contributed by atoms with Gasteiger partial charge in [-0.2, -0.15) is 0 Å². The van der Waals surface area contributed by atoms with Gasteiger partial charge in [0.2, 0.25) is 0 Å². The van der Waals surface area contributed by atoms with Crippen LogP contribution in [0.1, 0.15) is 50.6 Å². The molecule has 0 bridgehead atoms. The van der Waals surface area contributed by atoms with E-state index in [9.17, 15) is 0 Å². The highest BCUT2D eigenvalue weighted by atomic mass is 16.3. The molecule has 0 spiro atoms. The molecule has 1 N–H and O–H groups in total. The van der Waals surface area contributed by atoms with Gasteiger partial charge in [0.15, 0.2) is 0 Å². The minimum absolute atomic E-state index is 0.343. The summed E-state index contributed by atoms with van der Waals surface area (Å²) in [5, 5.41) is 3.68. The van der Waals surface area contributed by atoms with Crippen LogP contribution in [0.25, 0.3) is 0 Å². The molecule has 3 heteroatoms. The van der Waals surface area contributed by atoms with Crippen molar-refractivity contribution < 1.29 is 4.42 Å². The van der Waals surface area contributed by atoms with Crippen molar-refractivity contribution in [3.8, 4) is 0 Å². The number of nitrogens with zero attached hydrogens (tertiary/aromatic N) is 1. The lowest BCUT2D eigenvalue weighted by Crippen LogP contribution is -2.53. The zero-order valence-electron chi connectivity index (χ0n) is 11.9. The van der Waals surface area contributed by atoms with E-state index in [1.54, 1.807) is 6.26 Å². The zero-order chi connectivity index (χ0) is 13.0. The van der Waals surface area contributed by atoms with Gasteiger partial charge in [0, 0.05) is 23.7 Å². The van der Waals surface area contributed by atoms with E-state index in [1.807, 2.05) is 12.3 Å². The molecule has 0 amide bonds. The summed E-state index contributed by atoms with van der Waals surface area (Å²) < 4.78 is 5.15. The summed E-state index contributed by atoms with van der Waals surface area (Å²) in [6.07, 6.45) is 10.3. The first-order valence-corrected chi connectivity index (χ1v) is 7.07. The summed E-state index contributed by atoms with van der Waals surface area (Å²) in [5.41, 5.74) is 1.58. The lowest BCUT2D eigenvalue weighted by atomic mass is 9.80. The molecule has 1 aliphatic carbocycles. The minimum atomic E-state index is 0.343. The second-order valence-electron chi connectivity index (χ2n) is 5.84. The highest BCUT2D eigenvalue weighted by Crippen LogP contribution is 2.32. The molecule has 0 saturated heterocycles. The van der Waals surface area contributed by atoms with E-state index < -0.39 is 0 Å². The van der Waals surface area contributed by atoms with Gasteiger partial charge in [-0.15, -0.1) is 0 Å². The third-order valence-corrected chi connectivity index (χ3v) is 4.51. The Bertz CT molecular complexity index is 339. The van der Waals surface area contributed by atoms with Crippen LogP contribution in [0.3, 0.4) is 0 Å². The molecule has 1 aromatic rings. The van der Waals surface area contributed by atoms with E-state index in [4.69, 9.17) is 4.42 Å². The van der Waals surface area contributed by atoms with Crippen LogP contribution >= 0.6 is 0 Å². The second-order valence-corrected chi connectivity index (χ2v) is 5.84. The molecule has 0 aromatic carbocycles. The van der Waals surface area contributed by atoms with Crippen molar-refractivity contribution in [1.29, 1.82) is 0 Å². The highest BCUT2D eigenvalue weighted by molar-refractivity contribution is 5.10. The molecule has 0 radical (unpaired) electrons. The monoisotopic (exact) mass is 250 g/mol. The molecular formula is C15H26N2O. The van der Waals surface area contributed by atoms with Crippen molar-refractivity contribution in [3.05, 3.63) is 24.2 Å². The molecule has 1 unspecified atom stereocenters. The third-order valence-electron chi connectivity index (χ3n) is 4.51. The van der Waals surface area contributed by atoms with Crippen molar-refractivity contribution in [2.75, 3.05) is 20.6 Å². The van der Waals surface area contributed by atoms with Crippen LogP contribution in [0.4, 0.5) is 0 Å². The van der Waals surface area contributed by atoms with E-state index in [2.05, 4.69) is 31.2 Å². The standard InChI is InChI=1S/C15H26N2O/c1-13(14-7-10-18-11-14)16-12-15(17(2)3)8-5-4-6-9-15/h7,10-11,13,16H,4-6,8-9,12H2,1-3H3. The van der Waals surface area contributed by atoms with Crippen LogP contribution in [0.2, 0.25) is 0 Å². The Balaban J connectivity index is 1.93. The van der Waals surface area contributed by atoms with Gasteiger partial charge in [-0.3, -0.25) is 0 Å². The Kier molecular flexibility index (Phi) is 4.46. The maximum absolute atomic E-state index is 5.15. The predicted octanol–water partition coefficient (Wildman–Crippen LogP) is 3.19. The summed E-state index contributed by atoms with van der Waals surface area (Å²) in [5.74, 6) is 0. The van der Waals surface area contributed by atoms with Crippen LogP contribution < -0.4 is 5.32 Å². The predicted molar refractivity (Wildman–Crippen MR) is 74.6 cm³/mol. The zero-order valence-corrected chi connectivity index (χ0v) is 11.9. The number of hydrogen-bond donors (Lipinski definition) is 1. The van der Waals surface area contributed by atoms with Crippen molar-refractivity contribution in [3.63, 3.8) is 0 Å². The smallest absolute Gasteiger partial charge is 0.0950 e. The van der Waals surface area contributed by atoms with Crippen molar-refractivity contribution in [2.45, 2.75) is 50.6 Å². The molecule has 1 aromatic heterocycles. The molecular weight excluding hydrogens is 224 g/mol. The summed E-state index contributed by atoms with van der Waals surface area (Å²) in [7, 11) is 4.44. The molecule has 1 atom stereocenters. The maximum Gasteiger partial charge on any atom is 0.0950 e. The molecule has 18 heavy (non-hydrogen) atoms. The Hall–Kier alpha value is -0.800. The fourth-order valence-corrected chi connectivity index (χ4v) is 2.97. The van der Waals surface area contributed by atoms with Gasteiger partial charge in [0.25, 0.3) is 0 Å². The molecule has 0 aliphatic heterocycles. The van der Waals surface area contributed by atoms with Crippen molar-refractivity contribution in [2.24, 2.45) is 0 Å². The highest BCUT2D eigenvalue weighted by Gasteiger charge is 2.34. The number of furan rings is 1. The first-order chi connectivity index (χ1) is 8.64. The topological polar surface area (TPSA) is 28.4 Å². The first-order valence-electron chi connectivity index (χ1n) is 7.07. The van der Waals surface area contributed by atoms with Crippen LogP contribution in [-0.4, -0.2) is 31.1 Å². The average molecular weight is 250 g/mol. The van der Waals surface area contributed by atoms with Gasteiger partial charge in [-0.25, -0.2) is 0 Å². The van der Waals surface area contributed by atoms with Gasteiger partial charge < -0.3 is 14.6 Å². The van der Waals surface area contributed by atoms with Crippen LogP contribution in [0.15, 0.2) is 23.0 Å². The minimum Gasteiger partial charge on any atom is -0.472 e. The summed E-state index contributed by atoms with van der Waals surface area (Å²) >= 11 is 0. The lowest BCUT2D eigenvalue weighted by molar-refractivity contribution is 0.0958. The fraction of sp³-hybridized carbons (Fsp3) is 0.733. The Morgan fingerprint density at radius 3 is 2.61 bits per heavy atom. The Morgan fingerprint density at radius 1 is 1.33 bits per heavy atom. The van der Waals surface area contributed by atoms with Gasteiger partial charge >= 0.3 is 0 Å². The maximum atomic E-state index is 5.15. The van der Waals surface area contributed by atoms with Crippen molar-refractivity contribution >= 4 is 0 Å². The molecule has 1 heterocycles. The molecule has 1 fully saturated rings. The fourth-order valence-electron chi connectivity index (χ4n) is 2.97. The van der Waals surface area contributed by atoms with E-state index in [0.717, 1.165) is 6.54 Å². The molecule has 102 valence electrons. The summed E-state index contributed by atoms with van der Waals surface area (Å²) in [6.45, 7) is 3.27. The van der Waals surface area contributed by atoms with E-state index in [1.165, 1.54) is 37.7 Å². The molecule has 2 rings (SSSR count). The normalized spacial score (nSPS) is 21.1. The quantitative estimate of drug-likeness (QED) is 0.870. The number of rotatable bonds is 5. The van der Waals surface area contributed by atoms with E-state index >= 15 is 0 Å². The van der Waals surface area contributed by atoms with Crippen LogP contribution in [-0.2, 0) is 0 Å². The van der Waals surface area contributed by atoms with Gasteiger partial charge in [-0.1, -0.05) is 19.3 Å². The first kappa shape index (κ1) is 13.6. The summed E-state index contributed by atoms with van der Waals surface area (Å²) in [6, 6.07) is 2.41. The average Bonchev–Trinajstić information content (AvgIpc) is 2.91. The van der Waals surface area contributed by atoms with E-state index in [0.29, 0.717) is 11.6 Å². The lowest BCUT2D eigenvalue weighted by Gasteiger charge is -2.43. The SMILES string of the molecule is CC(NCC1(N(C)C)CCCCC1)c1ccoc1. The van der Waals surface area contributed by atoms with Gasteiger partial charge in [0.1, 0.15) is 0 Å². The molecule has 3 nitrogen and oxygen atoms in total. The van der Waals surface area contributed by atoms with E-state index in [-0.39, 0.29) is 0 Å². The van der Waals surface area contributed by atoms with Gasteiger partial charge in [0.05, 0.1) is 12.5 Å². The number of nitrogens with one attached hydrogen (secondary N) is 1.